The van der Waals surface area contributed by atoms with Gasteiger partial charge in [-0.25, -0.2) is 0 Å². The van der Waals surface area contributed by atoms with Crippen molar-refractivity contribution in [1.29, 1.82) is 0 Å². The molecule has 8 heteroatoms. The molecule has 6 nitrogen and oxygen atoms in total. The summed E-state index contributed by atoms with van der Waals surface area (Å²) in [5.74, 6) is 2.54. The third-order valence-electron chi connectivity index (χ3n) is 4.40. The Hall–Kier alpha value is -2.97. The molecule has 0 saturated carbocycles. The van der Waals surface area contributed by atoms with Crippen molar-refractivity contribution in [3.05, 3.63) is 65.6 Å². The smallest absolute Gasteiger partial charge is 0.266 e. The molecule has 1 aliphatic heterocycles. The molecule has 32 heavy (non-hydrogen) atoms. The summed E-state index contributed by atoms with van der Waals surface area (Å²) in [4.78, 5) is 14.6. The molecule has 1 amide bonds. The van der Waals surface area contributed by atoms with E-state index in [1.165, 1.54) is 16.7 Å². The van der Waals surface area contributed by atoms with E-state index >= 15 is 0 Å². The van der Waals surface area contributed by atoms with Gasteiger partial charge in [-0.3, -0.25) is 9.69 Å². The molecule has 0 aliphatic carbocycles. The first-order valence-corrected chi connectivity index (χ1v) is 11.3. The Kier molecular flexibility index (Phi) is 8.58. The molecular formula is C24H25NO5S2. The summed E-state index contributed by atoms with van der Waals surface area (Å²) in [5, 5.41) is 0. The van der Waals surface area contributed by atoms with E-state index in [9.17, 15) is 4.79 Å². The van der Waals surface area contributed by atoms with Gasteiger partial charge in [-0.05, 0) is 42.8 Å². The van der Waals surface area contributed by atoms with Crippen LogP contribution in [0.15, 0.2) is 60.0 Å². The zero-order chi connectivity index (χ0) is 22.9. The second-order valence-electron chi connectivity index (χ2n) is 6.60. The predicted molar refractivity (Wildman–Crippen MR) is 132 cm³/mol. The molecule has 2 aromatic carbocycles. The summed E-state index contributed by atoms with van der Waals surface area (Å²) in [7, 11) is 1.61. The van der Waals surface area contributed by atoms with Gasteiger partial charge < -0.3 is 18.9 Å². The average Bonchev–Trinajstić information content (AvgIpc) is 3.06. The van der Waals surface area contributed by atoms with Gasteiger partial charge >= 0.3 is 0 Å². The number of rotatable bonds is 11. The number of carbonyl (C=O) groups excluding carboxylic acids is 1. The third-order valence-corrected chi connectivity index (χ3v) is 5.78. The van der Waals surface area contributed by atoms with Gasteiger partial charge in [0.25, 0.3) is 5.91 Å². The van der Waals surface area contributed by atoms with Gasteiger partial charge in [0, 0.05) is 12.6 Å². The summed E-state index contributed by atoms with van der Waals surface area (Å²) in [6.45, 7) is 7.18. The third kappa shape index (κ3) is 6.05. The normalized spacial score (nSPS) is 14.6. The van der Waals surface area contributed by atoms with Crippen molar-refractivity contribution in [3.63, 3.8) is 0 Å². The molecule has 1 fully saturated rings. The fourth-order valence-corrected chi connectivity index (χ4v) is 4.22. The van der Waals surface area contributed by atoms with Crippen molar-refractivity contribution >= 4 is 40.3 Å². The van der Waals surface area contributed by atoms with Crippen LogP contribution in [0.2, 0.25) is 0 Å². The molecule has 0 spiro atoms. The number of ether oxygens (including phenoxy) is 4. The number of benzene rings is 2. The van der Waals surface area contributed by atoms with E-state index in [2.05, 4.69) is 6.58 Å². The maximum absolute atomic E-state index is 12.5. The number of methoxy groups -OCH3 is 1. The minimum Gasteiger partial charge on any atom is -0.497 e. The molecule has 0 unspecified atom stereocenters. The summed E-state index contributed by atoms with van der Waals surface area (Å²) in [5.41, 5.74) is 0.826. The Balaban J connectivity index is 1.64. The second kappa shape index (κ2) is 11.6. The van der Waals surface area contributed by atoms with Crippen LogP contribution in [0.3, 0.4) is 0 Å². The molecule has 1 saturated heterocycles. The van der Waals surface area contributed by atoms with E-state index in [1.807, 2.05) is 49.4 Å². The van der Waals surface area contributed by atoms with E-state index < -0.39 is 0 Å². The van der Waals surface area contributed by atoms with Crippen molar-refractivity contribution < 1.29 is 23.7 Å². The largest absolute Gasteiger partial charge is 0.497 e. The molecule has 3 rings (SSSR count). The van der Waals surface area contributed by atoms with E-state index in [0.29, 0.717) is 52.8 Å². The highest BCUT2D eigenvalue weighted by molar-refractivity contribution is 8.26. The molecule has 0 radical (unpaired) electrons. The summed E-state index contributed by atoms with van der Waals surface area (Å²) in [6.07, 6.45) is 3.46. The minimum atomic E-state index is -0.118. The van der Waals surface area contributed by atoms with E-state index in [1.54, 1.807) is 19.3 Å². The lowest BCUT2D eigenvalue weighted by molar-refractivity contribution is -0.121. The fourth-order valence-electron chi connectivity index (χ4n) is 2.94. The molecule has 1 heterocycles. The van der Waals surface area contributed by atoms with Gasteiger partial charge in [0.1, 0.15) is 29.0 Å². The quantitative estimate of drug-likeness (QED) is 0.199. The van der Waals surface area contributed by atoms with E-state index in [0.717, 1.165) is 11.3 Å². The van der Waals surface area contributed by atoms with Crippen molar-refractivity contribution in [1.82, 2.24) is 4.90 Å². The molecule has 0 atom stereocenters. The van der Waals surface area contributed by atoms with Gasteiger partial charge in [-0.2, -0.15) is 0 Å². The number of carbonyl (C=O) groups is 1. The highest BCUT2D eigenvalue weighted by Gasteiger charge is 2.31. The van der Waals surface area contributed by atoms with E-state index in [4.69, 9.17) is 31.2 Å². The van der Waals surface area contributed by atoms with Crippen LogP contribution < -0.4 is 18.9 Å². The lowest BCUT2D eigenvalue weighted by atomic mass is 10.2. The summed E-state index contributed by atoms with van der Waals surface area (Å²) >= 11 is 6.57. The van der Waals surface area contributed by atoms with Crippen LogP contribution in [0.5, 0.6) is 23.0 Å². The Morgan fingerprint density at radius 2 is 1.84 bits per heavy atom. The maximum atomic E-state index is 12.5. The fraction of sp³-hybridized carbons (Fsp3) is 0.250. The number of hydrogen-bond donors (Lipinski definition) is 0. The Morgan fingerprint density at radius 3 is 2.59 bits per heavy atom. The predicted octanol–water partition coefficient (Wildman–Crippen LogP) is 4.94. The van der Waals surface area contributed by atoms with Crippen LogP contribution in [0.25, 0.3) is 6.08 Å². The number of amides is 1. The maximum Gasteiger partial charge on any atom is 0.266 e. The molecule has 0 aromatic heterocycles. The minimum absolute atomic E-state index is 0.118. The van der Waals surface area contributed by atoms with Gasteiger partial charge in [0.2, 0.25) is 0 Å². The molecule has 0 N–H and O–H groups in total. The molecule has 168 valence electrons. The Labute approximate surface area is 197 Å². The SMILES string of the molecule is C=CCN1C(=O)C(=Cc2ccc(OCCOc3cccc(OC)c3)c(OCC)c2)SC1=S. The second-order valence-corrected chi connectivity index (χ2v) is 8.27. The first-order valence-electron chi connectivity index (χ1n) is 10.1. The highest BCUT2D eigenvalue weighted by Crippen LogP contribution is 2.34. The van der Waals surface area contributed by atoms with Gasteiger partial charge in [-0.15, -0.1) is 6.58 Å². The van der Waals surface area contributed by atoms with Crippen molar-refractivity contribution in [2.75, 3.05) is 33.5 Å². The standard InChI is InChI=1S/C24H25NO5S2/c1-4-11-25-23(26)22(32-24(25)31)15-17-9-10-20(21(14-17)28-5-2)30-13-12-29-19-8-6-7-18(16-19)27-3/h4,6-10,14-16H,1,5,11-13H2,2-3H3. The number of thiocarbonyl (C=S) groups is 1. The highest BCUT2D eigenvalue weighted by atomic mass is 32.2. The monoisotopic (exact) mass is 471 g/mol. The van der Waals surface area contributed by atoms with Gasteiger partial charge in [-0.1, -0.05) is 42.2 Å². The van der Waals surface area contributed by atoms with Crippen LogP contribution in [0.4, 0.5) is 0 Å². The molecule has 1 aliphatic rings. The van der Waals surface area contributed by atoms with Gasteiger partial charge in [0.05, 0.1) is 18.6 Å². The van der Waals surface area contributed by atoms with Gasteiger partial charge in [0.15, 0.2) is 11.5 Å². The van der Waals surface area contributed by atoms with Crippen LogP contribution in [0, 0.1) is 0 Å². The Morgan fingerprint density at radius 1 is 1.06 bits per heavy atom. The zero-order valence-corrected chi connectivity index (χ0v) is 19.7. The molecular weight excluding hydrogens is 446 g/mol. The first-order chi connectivity index (χ1) is 15.5. The topological polar surface area (TPSA) is 57.2 Å². The average molecular weight is 472 g/mol. The van der Waals surface area contributed by atoms with Crippen molar-refractivity contribution in [2.24, 2.45) is 0 Å². The van der Waals surface area contributed by atoms with E-state index in [-0.39, 0.29) is 5.91 Å². The number of nitrogens with zero attached hydrogens (tertiary/aromatic N) is 1. The number of hydrogen-bond acceptors (Lipinski definition) is 7. The van der Waals surface area contributed by atoms with Crippen molar-refractivity contribution in [2.45, 2.75) is 6.92 Å². The van der Waals surface area contributed by atoms with Crippen LogP contribution >= 0.6 is 24.0 Å². The lowest BCUT2D eigenvalue weighted by Crippen LogP contribution is -2.27. The van der Waals surface area contributed by atoms with Crippen molar-refractivity contribution in [3.8, 4) is 23.0 Å². The summed E-state index contributed by atoms with van der Waals surface area (Å²) < 4.78 is 23.0. The van der Waals surface area contributed by atoms with Crippen LogP contribution in [-0.4, -0.2) is 48.6 Å². The van der Waals surface area contributed by atoms with Crippen LogP contribution in [-0.2, 0) is 4.79 Å². The number of thioether (sulfide) groups is 1. The lowest BCUT2D eigenvalue weighted by Gasteiger charge is -2.13. The molecule has 0 bridgehead atoms. The first kappa shape index (κ1) is 23.7. The Bertz CT molecular complexity index is 1020. The zero-order valence-electron chi connectivity index (χ0n) is 18.0. The van der Waals surface area contributed by atoms with Crippen LogP contribution in [0.1, 0.15) is 12.5 Å². The molecule has 2 aromatic rings. The summed E-state index contributed by atoms with van der Waals surface area (Å²) in [6, 6.07) is 13.0.